The molecule has 0 aliphatic heterocycles. The summed E-state index contributed by atoms with van der Waals surface area (Å²) in [5.41, 5.74) is 0. The summed E-state index contributed by atoms with van der Waals surface area (Å²) in [6, 6.07) is 0.614. The minimum absolute atomic E-state index is 0.116. The van der Waals surface area contributed by atoms with E-state index >= 15 is 0 Å². The Morgan fingerprint density at radius 3 is 1.42 bits per heavy atom. The van der Waals surface area contributed by atoms with Crippen molar-refractivity contribution < 1.29 is 17.5 Å². The second-order valence-corrected chi connectivity index (χ2v) is 24.0. The smallest absolute Gasteiger partial charge is 0.318 e. The number of aliphatic hydroxyl groups is 1. The minimum Gasteiger partial charge on any atom is -0.437 e. The van der Waals surface area contributed by atoms with Crippen LogP contribution in [-0.4, -0.2) is 45.5 Å². The third kappa shape index (κ3) is 10.1. The Labute approximate surface area is 123 Å². The Morgan fingerprint density at radius 1 is 0.684 bits per heavy atom. The molecule has 0 saturated carbocycles. The van der Waals surface area contributed by atoms with Crippen molar-refractivity contribution in [2.45, 2.75) is 65.0 Å². The van der Waals surface area contributed by atoms with E-state index in [0.717, 1.165) is 0 Å². The highest BCUT2D eigenvalue weighted by atomic mass is 28.5. The van der Waals surface area contributed by atoms with Gasteiger partial charge in [0.1, 0.15) is 0 Å². The maximum Gasteiger partial charge on any atom is 0.318 e. The zero-order chi connectivity index (χ0) is 15.5. The average molecular weight is 341 g/mol. The lowest BCUT2D eigenvalue weighted by Crippen LogP contribution is -2.57. The van der Waals surface area contributed by atoms with E-state index in [9.17, 15) is 5.11 Å². The zero-order valence-electron chi connectivity index (χ0n) is 14.1. The van der Waals surface area contributed by atoms with E-state index in [0.29, 0.717) is 6.04 Å². The van der Waals surface area contributed by atoms with Crippen molar-refractivity contribution in [3.05, 3.63) is 0 Å². The Bertz CT molecular complexity index is 285. The first kappa shape index (κ1) is 19.7. The molecular formula is C11H32O4Si4. The summed E-state index contributed by atoms with van der Waals surface area (Å²) in [4.78, 5) is 0. The van der Waals surface area contributed by atoms with E-state index < -0.39 is 33.8 Å². The molecule has 0 aliphatic rings. The molecule has 8 heteroatoms. The molecule has 1 N–H and O–H groups in total. The van der Waals surface area contributed by atoms with Crippen LogP contribution >= 0.6 is 0 Å². The van der Waals surface area contributed by atoms with Crippen LogP contribution in [0.4, 0.5) is 0 Å². The van der Waals surface area contributed by atoms with Gasteiger partial charge in [-0.05, 0) is 58.9 Å². The summed E-state index contributed by atoms with van der Waals surface area (Å²) in [5.74, 6) is 0. The monoisotopic (exact) mass is 340 g/mol. The van der Waals surface area contributed by atoms with E-state index in [1.807, 2.05) is 0 Å². The Morgan fingerprint density at radius 2 is 1.11 bits per heavy atom. The third-order valence-electron chi connectivity index (χ3n) is 2.10. The van der Waals surface area contributed by atoms with Gasteiger partial charge in [-0.2, -0.15) is 0 Å². The fourth-order valence-electron chi connectivity index (χ4n) is 2.25. The van der Waals surface area contributed by atoms with Crippen LogP contribution < -0.4 is 0 Å². The zero-order valence-corrected chi connectivity index (χ0v) is 18.1. The van der Waals surface area contributed by atoms with Crippen LogP contribution in [0.15, 0.2) is 0 Å². The molecule has 0 aromatic carbocycles. The molecular weight excluding hydrogens is 308 g/mol. The Balaban J connectivity index is 4.91. The van der Waals surface area contributed by atoms with Gasteiger partial charge >= 0.3 is 17.1 Å². The highest BCUT2D eigenvalue weighted by molar-refractivity contribution is 6.89. The van der Waals surface area contributed by atoms with Crippen molar-refractivity contribution in [3.8, 4) is 0 Å². The first-order chi connectivity index (χ1) is 8.18. The lowest BCUT2D eigenvalue weighted by molar-refractivity contribution is 0.280. The molecule has 0 aromatic rings. The number of hydrogen-bond acceptors (Lipinski definition) is 4. The molecule has 0 radical (unpaired) electrons. The second kappa shape index (κ2) is 6.65. The minimum atomic E-state index is -2.35. The molecule has 0 rings (SSSR count). The molecule has 19 heavy (non-hydrogen) atoms. The van der Waals surface area contributed by atoms with Crippen molar-refractivity contribution in [1.82, 2.24) is 0 Å². The van der Waals surface area contributed by atoms with Crippen LogP contribution in [-0.2, 0) is 12.3 Å². The molecule has 0 amide bonds. The van der Waals surface area contributed by atoms with Gasteiger partial charge in [0.25, 0.3) is 0 Å². The molecule has 1 unspecified atom stereocenters. The Hall–Kier alpha value is 0.708. The molecule has 1 atom stereocenters. The molecule has 0 fully saturated rings. The number of rotatable bonds is 8. The summed E-state index contributed by atoms with van der Waals surface area (Å²) in [7, 11) is -7.86. The largest absolute Gasteiger partial charge is 0.437 e. The van der Waals surface area contributed by atoms with Crippen LogP contribution in [0.1, 0.15) is 0 Å². The van der Waals surface area contributed by atoms with E-state index in [1.54, 1.807) is 0 Å². The van der Waals surface area contributed by atoms with Crippen molar-refractivity contribution in [1.29, 1.82) is 0 Å². The van der Waals surface area contributed by atoms with Crippen LogP contribution in [0.3, 0.4) is 0 Å². The number of aliphatic hydroxyl groups excluding tert-OH is 1. The summed E-state index contributed by atoms with van der Waals surface area (Å²) in [5, 5.41) is 9.30. The van der Waals surface area contributed by atoms with Gasteiger partial charge in [-0.25, -0.2) is 0 Å². The van der Waals surface area contributed by atoms with Crippen LogP contribution in [0.2, 0.25) is 65.0 Å². The van der Waals surface area contributed by atoms with Crippen molar-refractivity contribution in [2.24, 2.45) is 0 Å². The van der Waals surface area contributed by atoms with Gasteiger partial charge in [-0.15, -0.1) is 0 Å². The van der Waals surface area contributed by atoms with Crippen molar-refractivity contribution >= 4 is 33.8 Å². The molecule has 0 aliphatic carbocycles. The second-order valence-electron chi connectivity index (χ2n) is 7.54. The normalized spacial score (nSPS) is 17.4. The molecule has 0 bridgehead atoms. The van der Waals surface area contributed by atoms with Crippen molar-refractivity contribution in [3.63, 3.8) is 0 Å². The highest BCUT2D eigenvalue weighted by Crippen LogP contribution is 2.26. The van der Waals surface area contributed by atoms with Gasteiger partial charge in [0, 0.05) is 12.7 Å². The van der Waals surface area contributed by atoms with E-state index in [-0.39, 0.29) is 6.61 Å². The summed E-state index contributed by atoms with van der Waals surface area (Å²) >= 11 is 0. The van der Waals surface area contributed by atoms with E-state index in [4.69, 9.17) is 12.3 Å². The first-order valence-corrected chi connectivity index (χ1v) is 19.1. The Kier molecular flexibility index (Phi) is 6.89. The maximum atomic E-state index is 9.30. The SMILES string of the molecule is C[Si](C)(C)O[Si](C)(C)O[Si](C)(CCO)O[Si](C)(C)C. The van der Waals surface area contributed by atoms with Gasteiger partial charge in [0.15, 0.2) is 16.6 Å². The molecule has 4 nitrogen and oxygen atoms in total. The fraction of sp³-hybridized carbons (Fsp3) is 1.00. The topological polar surface area (TPSA) is 47.9 Å². The van der Waals surface area contributed by atoms with Gasteiger partial charge in [-0.3, -0.25) is 0 Å². The van der Waals surface area contributed by atoms with Gasteiger partial charge < -0.3 is 17.5 Å². The van der Waals surface area contributed by atoms with E-state index in [1.165, 1.54) is 0 Å². The quantitative estimate of drug-likeness (QED) is 0.687. The fourth-order valence-corrected chi connectivity index (χ4v) is 19.8. The van der Waals surface area contributed by atoms with Crippen LogP contribution in [0, 0.1) is 0 Å². The maximum absolute atomic E-state index is 9.30. The number of hydrogen-bond donors (Lipinski definition) is 1. The van der Waals surface area contributed by atoms with Gasteiger partial charge in [-0.1, -0.05) is 0 Å². The third-order valence-corrected chi connectivity index (χ3v) is 15.5. The molecule has 0 aromatic heterocycles. The van der Waals surface area contributed by atoms with Crippen LogP contribution in [0.25, 0.3) is 0 Å². The average Bonchev–Trinajstić information content (AvgIpc) is 1.90. The predicted octanol–water partition coefficient (Wildman–Crippen LogP) is 3.47. The first-order valence-electron chi connectivity index (χ1n) is 6.89. The standard InChI is InChI=1S/C11H32O4Si4/c1-16(2,3)13-18(7,8)15-19(9,11-10-12)14-17(4,5)6/h12H,10-11H2,1-9H3. The van der Waals surface area contributed by atoms with Gasteiger partial charge in [0.2, 0.25) is 0 Å². The summed E-state index contributed by atoms with van der Waals surface area (Å²) in [6.45, 7) is 19.4. The van der Waals surface area contributed by atoms with Crippen LogP contribution in [0.5, 0.6) is 0 Å². The summed E-state index contributed by atoms with van der Waals surface area (Å²) in [6.07, 6.45) is 0. The highest BCUT2D eigenvalue weighted by Gasteiger charge is 2.44. The molecule has 116 valence electrons. The predicted molar refractivity (Wildman–Crippen MR) is 90.9 cm³/mol. The van der Waals surface area contributed by atoms with Crippen molar-refractivity contribution in [2.75, 3.05) is 6.61 Å². The molecule has 0 heterocycles. The summed E-state index contributed by atoms with van der Waals surface area (Å²) < 4.78 is 18.9. The molecule has 0 saturated heterocycles. The van der Waals surface area contributed by atoms with Gasteiger partial charge in [0.05, 0.1) is 0 Å². The molecule has 0 spiro atoms. The lowest BCUT2D eigenvalue weighted by atomic mass is 10.9. The van der Waals surface area contributed by atoms with E-state index in [2.05, 4.69) is 58.9 Å². The lowest BCUT2D eigenvalue weighted by Gasteiger charge is -2.41.